The van der Waals surface area contributed by atoms with Crippen molar-refractivity contribution in [3.05, 3.63) is 59.8 Å². The molecule has 0 saturated heterocycles. The number of aromatic nitrogens is 1. The first kappa shape index (κ1) is 14.6. The van der Waals surface area contributed by atoms with Crippen molar-refractivity contribution >= 4 is 22.6 Å². The Bertz CT molecular complexity index is 883. The minimum atomic E-state index is -0.0731. The van der Waals surface area contributed by atoms with Crippen molar-refractivity contribution in [2.45, 2.75) is 13.0 Å². The van der Waals surface area contributed by atoms with Crippen LogP contribution < -0.4 is 10.1 Å². The Morgan fingerprint density at radius 1 is 1.17 bits per heavy atom. The molecule has 122 valence electrons. The van der Waals surface area contributed by atoms with Gasteiger partial charge in [0.2, 0.25) is 0 Å². The standard InChI is InChI=1S/C19H19N3O2/c1-24-14-8-6-13(7-9-14)20-19(23)22-11-10-18-16(12-22)15-4-2-3-5-17(15)21-18/h2-9,21H,10-12H2,1H3,(H,20,23). The molecule has 0 aliphatic carbocycles. The van der Waals surface area contributed by atoms with E-state index in [0.717, 1.165) is 23.4 Å². The Kier molecular flexibility index (Phi) is 3.61. The largest absolute Gasteiger partial charge is 0.497 e. The van der Waals surface area contributed by atoms with E-state index < -0.39 is 0 Å². The summed E-state index contributed by atoms with van der Waals surface area (Å²) >= 11 is 0. The fraction of sp³-hybridized carbons (Fsp3) is 0.211. The van der Waals surface area contributed by atoms with Crippen LogP contribution in [-0.4, -0.2) is 29.6 Å². The molecule has 2 N–H and O–H groups in total. The summed E-state index contributed by atoms with van der Waals surface area (Å²) in [5, 5.41) is 4.16. The zero-order chi connectivity index (χ0) is 16.5. The van der Waals surface area contributed by atoms with E-state index in [9.17, 15) is 4.79 Å². The van der Waals surface area contributed by atoms with Gasteiger partial charge in [0, 0.05) is 47.4 Å². The molecule has 2 heterocycles. The molecule has 2 aromatic carbocycles. The zero-order valence-corrected chi connectivity index (χ0v) is 13.5. The van der Waals surface area contributed by atoms with Crippen molar-refractivity contribution in [2.24, 2.45) is 0 Å². The van der Waals surface area contributed by atoms with Gasteiger partial charge in [-0.2, -0.15) is 0 Å². The second-order valence-electron chi connectivity index (χ2n) is 5.96. The Labute approximate surface area is 140 Å². The van der Waals surface area contributed by atoms with Gasteiger partial charge in [-0.15, -0.1) is 0 Å². The number of aromatic amines is 1. The number of rotatable bonds is 2. The fourth-order valence-electron chi connectivity index (χ4n) is 3.22. The topological polar surface area (TPSA) is 57.4 Å². The molecule has 0 atom stereocenters. The summed E-state index contributed by atoms with van der Waals surface area (Å²) in [6.07, 6.45) is 0.847. The average molecular weight is 321 g/mol. The molecule has 1 aliphatic heterocycles. The maximum atomic E-state index is 12.6. The summed E-state index contributed by atoms with van der Waals surface area (Å²) in [5.74, 6) is 0.773. The molecule has 0 fully saturated rings. The van der Waals surface area contributed by atoms with Gasteiger partial charge in [0.25, 0.3) is 0 Å². The van der Waals surface area contributed by atoms with E-state index >= 15 is 0 Å². The number of anilines is 1. The quantitative estimate of drug-likeness (QED) is 0.755. The molecule has 0 unspecified atom stereocenters. The van der Waals surface area contributed by atoms with E-state index in [2.05, 4.69) is 22.4 Å². The first-order valence-electron chi connectivity index (χ1n) is 8.03. The number of para-hydroxylation sites is 1. The molecule has 3 aromatic rings. The van der Waals surface area contributed by atoms with E-state index in [-0.39, 0.29) is 6.03 Å². The Balaban J connectivity index is 1.52. The van der Waals surface area contributed by atoms with Crippen LogP contribution in [-0.2, 0) is 13.0 Å². The van der Waals surface area contributed by atoms with E-state index in [4.69, 9.17) is 4.74 Å². The number of benzene rings is 2. The van der Waals surface area contributed by atoms with E-state index in [0.29, 0.717) is 13.1 Å². The molecule has 5 heteroatoms. The van der Waals surface area contributed by atoms with Crippen LogP contribution in [0.15, 0.2) is 48.5 Å². The molecular formula is C19H19N3O2. The normalized spacial score (nSPS) is 13.6. The molecule has 2 amide bonds. The van der Waals surface area contributed by atoms with Crippen LogP contribution in [0.5, 0.6) is 5.75 Å². The number of methoxy groups -OCH3 is 1. The summed E-state index contributed by atoms with van der Waals surface area (Å²) < 4.78 is 5.13. The van der Waals surface area contributed by atoms with Crippen molar-refractivity contribution in [3.8, 4) is 5.75 Å². The third kappa shape index (κ3) is 2.58. The predicted octanol–water partition coefficient (Wildman–Crippen LogP) is 3.77. The lowest BCUT2D eigenvalue weighted by molar-refractivity contribution is 0.206. The van der Waals surface area contributed by atoms with Crippen LogP contribution in [0.25, 0.3) is 10.9 Å². The summed E-state index contributed by atoms with van der Waals surface area (Å²) in [6, 6.07) is 15.5. The molecule has 0 bridgehead atoms. The Hall–Kier alpha value is -2.95. The fourth-order valence-corrected chi connectivity index (χ4v) is 3.22. The highest BCUT2D eigenvalue weighted by Crippen LogP contribution is 2.28. The molecule has 24 heavy (non-hydrogen) atoms. The minimum Gasteiger partial charge on any atom is -0.497 e. The summed E-state index contributed by atoms with van der Waals surface area (Å²) in [5.41, 5.74) is 4.37. The maximum Gasteiger partial charge on any atom is 0.322 e. The lowest BCUT2D eigenvalue weighted by Crippen LogP contribution is -2.38. The minimum absolute atomic E-state index is 0.0731. The third-order valence-electron chi connectivity index (χ3n) is 4.51. The highest BCUT2D eigenvalue weighted by molar-refractivity contribution is 5.91. The highest BCUT2D eigenvalue weighted by Gasteiger charge is 2.23. The van der Waals surface area contributed by atoms with Crippen molar-refractivity contribution in [3.63, 3.8) is 0 Å². The number of amides is 2. The highest BCUT2D eigenvalue weighted by atomic mass is 16.5. The van der Waals surface area contributed by atoms with Crippen LogP contribution in [0, 0.1) is 0 Å². The number of urea groups is 1. The SMILES string of the molecule is COc1ccc(NC(=O)N2CCc3[nH]c4ccccc4c3C2)cc1. The van der Waals surface area contributed by atoms with Crippen molar-refractivity contribution in [2.75, 3.05) is 19.0 Å². The first-order valence-corrected chi connectivity index (χ1v) is 8.03. The van der Waals surface area contributed by atoms with Crippen LogP contribution in [0.2, 0.25) is 0 Å². The Morgan fingerprint density at radius 2 is 1.96 bits per heavy atom. The maximum absolute atomic E-state index is 12.6. The zero-order valence-electron chi connectivity index (χ0n) is 13.5. The number of carbonyl (C=O) groups is 1. The van der Waals surface area contributed by atoms with Crippen LogP contribution >= 0.6 is 0 Å². The third-order valence-corrected chi connectivity index (χ3v) is 4.51. The van der Waals surface area contributed by atoms with Gasteiger partial charge in [0.1, 0.15) is 5.75 Å². The molecule has 1 aromatic heterocycles. The van der Waals surface area contributed by atoms with Gasteiger partial charge in [-0.05, 0) is 30.3 Å². The van der Waals surface area contributed by atoms with Gasteiger partial charge in [-0.1, -0.05) is 18.2 Å². The van der Waals surface area contributed by atoms with E-state index in [1.165, 1.54) is 16.6 Å². The Morgan fingerprint density at radius 3 is 2.75 bits per heavy atom. The lowest BCUT2D eigenvalue weighted by atomic mass is 10.0. The predicted molar refractivity (Wildman–Crippen MR) is 94.4 cm³/mol. The van der Waals surface area contributed by atoms with E-state index in [1.807, 2.05) is 41.3 Å². The average Bonchev–Trinajstić information content (AvgIpc) is 3.00. The number of nitrogens with zero attached hydrogens (tertiary/aromatic N) is 1. The number of hydrogen-bond donors (Lipinski definition) is 2. The second-order valence-corrected chi connectivity index (χ2v) is 5.96. The summed E-state index contributed by atoms with van der Waals surface area (Å²) in [7, 11) is 1.63. The van der Waals surface area contributed by atoms with E-state index in [1.54, 1.807) is 7.11 Å². The van der Waals surface area contributed by atoms with Gasteiger partial charge in [-0.3, -0.25) is 0 Å². The monoisotopic (exact) mass is 321 g/mol. The smallest absolute Gasteiger partial charge is 0.322 e. The van der Waals surface area contributed by atoms with Crippen molar-refractivity contribution in [1.82, 2.24) is 9.88 Å². The van der Waals surface area contributed by atoms with Crippen molar-refractivity contribution in [1.29, 1.82) is 0 Å². The lowest BCUT2D eigenvalue weighted by Gasteiger charge is -2.27. The number of ether oxygens (including phenoxy) is 1. The molecule has 0 radical (unpaired) electrons. The second kappa shape index (κ2) is 5.92. The summed E-state index contributed by atoms with van der Waals surface area (Å²) in [6.45, 7) is 1.34. The number of carbonyl (C=O) groups excluding carboxylic acids is 1. The molecular weight excluding hydrogens is 302 g/mol. The molecule has 1 aliphatic rings. The van der Waals surface area contributed by atoms with Crippen molar-refractivity contribution < 1.29 is 9.53 Å². The molecule has 0 saturated carbocycles. The van der Waals surface area contributed by atoms with Crippen LogP contribution in [0.4, 0.5) is 10.5 Å². The number of H-pyrrole nitrogens is 1. The molecule has 4 rings (SSSR count). The van der Waals surface area contributed by atoms with Gasteiger partial charge in [-0.25, -0.2) is 4.79 Å². The number of fused-ring (bicyclic) bond motifs is 3. The van der Waals surface area contributed by atoms with Crippen LogP contribution in [0.3, 0.4) is 0 Å². The van der Waals surface area contributed by atoms with Gasteiger partial charge in [0.15, 0.2) is 0 Å². The molecule has 0 spiro atoms. The van der Waals surface area contributed by atoms with Gasteiger partial charge in [0.05, 0.1) is 7.11 Å². The van der Waals surface area contributed by atoms with Gasteiger partial charge < -0.3 is 19.9 Å². The molecule has 5 nitrogen and oxygen atoms in total. The number of nitrogens with one attached hydrogen (secondary N) is 2. The first-order chi connectivity index (χ1) is 11.7. The van der Waals surface area contributed by atoms with Gasteiger partial charge >= 0.3 is 6.03 Å². The van der Waals surface area contributed by atoms with Crippen LogP contribution in [0.1, 0.15) is 11.3 Å². The number of hydrogen-bond acceptors (Lipinski definition) is 2. The summed E-state index contributed by atoms with van der Waals surface area (Å²) in [4.78, 5) is 17.9.